The third-order valence-corrected chi connectivity index (χ3v) is 5.10. The first-order valence-corrected chi connectivity index (χ1v) is 9.11. The van der Waals surface area contributed by atoms with Crippen LogP contribution in [0.15, 0.2) is 52.2 Å². The van der Waals surface area contributed by atoms with Gasteiger partial charge >= 0.3 is 0 Å². The maximum absolute atomic E-state index is 13.0. The molecule has 7 heteroatoms. The van der Waals surface area contributed by atoms with Crippen LogP contribution in [-0.2, 0) is 0 Å². The molecule has 1 aliphatic rings. The number of anilines is 1. The third-order valence-electron chi connectivity index (χ3n) is 3.22. The Morgan fingerprint density at radius 1 is 1.35 bits per heavy atom. The number of aliphatic imine (C=N–C) groups is 1. The first-order valence-electron chi connectivity index (χ1n) is 6.96. The molecule has 0 saturated carbocycles. The van der Waals surface area contributed by atoms with Crippen LogP contribution in [0.3, 0.4) is 0 Å². The van der Waals surface area contributed by atoms with E-state index >= 15 is 0 Å². The summed E-state index contributed by atoms with van der Waals surface area (Å²) in [5.74, 6) is 0.699. The zero-order chi connectivity index (χ0) is 16.4. The largest absolute Gasteiger partial charge is 0.268 e. The van der Waals surface area contributed by atoms with Crippen molar-refractivity contribution in [1.29, 1.82) is 0 Å². The van der Waals surface area contributed by atoms with Crippen LogP contribution in [0.2, 0.25) is 5.02 Å². The lowest BCUT2D eigenvalue weighted by Crippen LogP contribution is -2.34. The predicted molar refractivity (Wildman–Crippen MR) is 99.6 cm³/mol. The second-order valence-electron chi connectivity index (χ2n) is 5.08. The van der Waals surface area contributed by atoms with Gasteiger partial charge in [-0.2, -0.15) is 0 Å². The minimum Gasteiger partial charge on any atom is -0.268 e. The summed E-state index contributed by atoms with van der Waals surface area (Å²) >= 11 is 10.9. The summed E-state index contributed by atoms with van der Waals surface area (Å²) in [4.78, 5) is 23.3. The molecule has 3 rings (SSSR count). The van der Waals surface area contributed by atoms with Crippen molar-refractivity contribution in [3.8, 4) is 0 Å². The number of benzene rings is 1. The number of hydrogen-bond acceptors (Lipinski definition) is 4. The molecule has 0 bridgehead atoms. The summed E-state index contributed by atoms with van der Waals surface area (Å²) in [5, 5.41) is 1.32. The van der Waals surface area contributed by atoms with Crippen LogP contribution >= 0.6 is 39.3 Å². The molecule has 1 amide bonds. The van der Waals surface area contributed by atoms with Gasteiger partial charge in [-0.1, -0.05) is 23.4 Å². The van der Waals surface area contributed by atoms with Crippen LogP contribution in [-0.4, -0.2) is 27.9 Å². The van der Waals surface area contributed by atoms with E-state index in [1.54, 1.807) is 47.3 Å². The van der Waals surface area contributed by atoms with Gasteiger partial charge in [-0.3, -0.25) is 19.7 Å². The van der Waals surface area contributed by atoms with Gasteiger partial charge in [0.05, 0.1) is 17.3 Å². The van der Waals surface area contributed by atoms with E-state index in [0.717, 1.165) is 15.9 Å². The fourth-order valence-electron chi connectivity index (χ4n) is 2.14. The summed E-state index contributed by atoms with van der Waals surface area (Å²) in [7, 11) is 0. The lowest BCUT2D eigenvalue weighted by molar-refractivity contribution is 0.100. The monoisotopic (exact) mass is 409 g/mol. The fourth-order valence-corrected chi connectivity index (χ4v) is 3.67. The molecule has 0 fully saturated rings. The van der Waals surface area contributed by atoms with Crippen LogP contribution in [0.4, 0.5) is 5.69 Å². The molecule has 1 atom stereocenters. The summed E-state index contributed by atoms with van der Waals surface area (Å²) < 4.78 is 0.758. The molecule has 2 heterocycles. The molecule has 0 saturated heterocycles. The molecule has 23 heavy (non-hydrogen) atoms. The molecule has 0 aliphatic carbocycles. The van der Waals surface area contributed by atoms with Gasteiger partial charge in [-0.25, -0.2) is 0 Å². The Morgan fingerprint density at radius 2 is 2.09 bits per heavy atom. The van der Waals surface area contributed by atoms with Crippen molar-refractivity contribution in [3.63, 3.8) is 0 Å². The van der Waals surface area contributed by atoms with E-state index in [2.05, 4.69) is 25.9 Å². The van der Waals surface area contributed by atoms with Crippen molar-refractivity contribution in [2.75, 3.05) is 10.7 Å². The SMILES string of the molecule is CC1CSC(N(C(=O)c2cncc(Br)c2)c2ccc(Cl)cc2)=N1. The van der Waals surface area contributed by atoms with Gasteiger partial charge in [0, 0.05) is 27.6 Å². The first-order chi connectivity index (χ1) is 11.0. The molecular weight excluding hydrogens is 398 g/mol. The molecule has 1 unspecified atom stereocenters. The van der Waals surface area contributed by atoms with Crippen LogP contribution in [0.25, 0.3) is 0 Å². The second kappa shape index (κ2) is 7.03. The molecule has 0 spiro atoms. The molecule has 1 aromatic heterocycles. The summed E-state index contributed by atoms with van der Waals surface area (Å²) in [5.41, 5.74) is 1.23. The molecule has 4 nitrogen and oxygen atoms in total. The van der Waals surface area contributed by atoms with E-state index in [4.69, 9.17) is 11.6 Å². The Bertz CT molecular complexity index is 766. The van der Waals surface area contributed by atoms with Crippen molar-refractivity contribution in [1.82, 2.24) is 4.98 Å². The highest BCUT2D eigenvalue weighted by Gasteiger charge is 2.27. The van der Waals surface area contributed by atoms with Gasteiger partial charge in [-0.15, -0.1) is 0 Å². The number of carbonyl (C=O) groups excluding carboxylic acids is 1. The van der Waals surface area contributed by atoms with Crippen LogP contribution in [0, 0.1) is 0 Å². The summed E-state index contributed by atoms with van der Waals surface area (Å²) in [6, 6.07) is 9.11. The minimum atomic E-state index is -0.165. The van der Waals surface area contributed by atoms with Crippen molar-refractivity contribution >= 4 is 56.1 Å². The number of aromatic nitrogens is 1. The molecular formula is C16H13BrClN3OS. The lowest BCUT2D eigenvalue weighted by Gasteiger charge is -2.22. The van der Waals surface area contributed by atoms with Crippen LogP contribution < -0.4 is 4.90 Å². The standard InChI is InChI=1S/C16H13BrClN3OS/c1-10-9-23-16(20-10)21(14-4-2-13(18)3-5-14)15(22)11-6-12(17)8-19-7-11/h2-8,10H,9H2,1H3. The van der Waals surface area contributed by atoms with Crippen molar-refractivity contribution < 1.29 is 4.79 Å². The number of nitrogens with zero attached hydrogens (tertiary/aromatic N) is 3. The van der Waals surface area contributed by atoms with Crippen molar-refractivity contribution in [2.24, 2.45) is 4.99 Å². The van der Waals surface area contributed by atoms with E-state index in [0.29, 0.717) is 15.8 Å². The maximum Gasteiger partial charge on any atom is 0.266 e. The number of amides is 1. The number of pyridine rings is 1. The van der Waals surface area contributed by atoms with E-state index in [9.17, 15) is 4.79 Å². The zero-order valence-electron chi connectivity index (χ0n) is 12.2. The predicted octanol–water partition coefficient (Wildman–Crippen LogP) is 4.64. The maximum atomic E-state index is 13.0. The highest BCUT2D eigenvalue weighted by atomic mass is 79.9. The van der Waals surface area contributed by atoms with Crippen molar-refractivity contribution in [3.05, 3.63) is 57.8 Å². The molecule has 0 N–H and O–H groups in total. The molecule has 118 valence electrons. The molecule has 0 radical (unpaired) electrons. The number of carbonyl (C=O) groups is 1. The van der Waals surface area contributed by atoms with E-state index in [1.165, 1.54) is 0 Å². The molecule has 2 aromatic rings. The Morgan fingerprint density at radius 3 is 2.70 bits per heavy atom. The first kappa shape index (κ1) is 16.5. The minimum absolute atomic E-state index is 0.165. The van der Waals surface area contributed by atoms with Gasteiger partial charge in [0.2, 0.25) is 0 Å². The third kappa shape index (κ3) is 3.76. The smallest absolute Gasteiger partial charge is 0.266 e. The Balaban J connectivity index is 2.03. The Kier molecular flexibility index (Phi) is 5.04. The van der Waals surface area contributed by atoms with E-state index < -0.39 is 0 Å². The Labute approximate surface area is 152 Å². The number of rotatable bonds is 2. The highest BCUT2D eigenvalue weighted by molar-refractivity contribution is 9.10. The highest BCUT2D eigenvalue weighted by Crippen LogP contribution is 2.28. The van der Waals surface area contributed by atoms with Gasteiger partial charge in [0.15, 0.2) is 5.17 Å². The summed E-state index contributed by atoms with van der Waals surface area (Å²) in [6.45, 7) is 2.03. The average molecular weight is 411 g/mol. The molecule has 1 aliphatic heterocycles. The van der Waals surface area contributed by atoms with Gasteiger partial charge < -0.3 is 0 Å². The van der Waals surface area contributed by atoms with Crippen LogP contribution in [0.1, 0.15) is 17.3 Å². The van der Waals surface area contributed by atoms with E-state index in [1.807, 2.05) is 19.1 Å². The van der Waals surface area contributed by atoms with Gasteiger partial charge in [0.25, 0.3) is 5.91 Å². The van der Waals surface area contributed by atoms with Crippen LogP contribution in [0.5, 0.6) is 0 Å². The number of hydrogen-bond donors (Lipinski definition) is 0. The quantitative estimate of drug-likeness (QED) is 0.725. The lowest BCUT2D eigenvalue weighted by atomic mass is 10.2. The van der Waals surface area contributed by atoms with Gasteiger partial charge in [-0.05, 0) is 53.2 Å². The Hall–Kier alpha value is -1.37. The zero-order valence-corrected chi connectivity index (χ0v) is 15.4. The molecule has 1 aromatic carbocycles. The second-order valence-corrected chi connectivity index (χ2v) is 7.42. The van der Waals surface area contributed by atoms with Crippen molar-refractivity contribution in [2.45, 2.75) is 13.0 Å². The normalized spacial score (nSPS) is 17.0. The topological polar surface area (TPSA) is 45.6 Å². The number of amidine groups is 1. The van der Waals surface area contributed by atoms with E-state index in [-0.39, 0.29) is 11.9 Å². The fraction of sp³-hybridized carbons (Fsp3) is 0.188. The average Bonchev–Trinajstić information content (AvgIpc) is 2.95. The summed E-state index contributed by atoms with van der Waals surface area (Å²) in [6.07, 6.45) is 3.20. The number of halogens is 2. The van der Waals surface area contributed by atoms with Gasteiger partial charge in [0.1, 0.15) is 0 Å². The number of thioether (sulfide) groups is 1.